The van der Waals surface area contributed by atoms with Crippen LogP contribution in [0.25, 0.3) is 0 Å². The van der Waals surface area contributed by atoms with E-state index in [0.717, 1.165) is 12.8 Å². The van der Waals surface area contributed by atoms with Crippen molar-refractivity contribution in [3.8, 4) is 5.75 Å². The van der Waals surface area contributed by atoms with Gasteiger partial charge < -0.3 is 10.2 Å². The second kappa shape index (κ2) is 5.89. The normalized spacial score (nSPS) is 16.1. The Morgan fingerprint density at radius 2 is 1.57 bits per heavy atom. The van der Waals surface area contributed by atoms with E-state index in [4.69, 9.17) is 21.8 Å². The van der Waals surface area contributed by atoms with Crippen LogP contribution in [0.4, 0.5) is 0 Å². The van der Waals surface area contributed by atoms with Gasteiger partial charge in [0.1, 0.15) is 5.75 Å². The van der Waals surface area contributed by atoms with Gasteiger partial charge in [-0.25, -0.2) is 0 Å². The minimum atomic E-state index is 0.0463. The Bertz CT molecular complexity index is 231. The zero-order valence-corrected chi connectivity index (χ0v) is 8.74. The van der Waals surface area contributed by atoms with Crippen molar-refractivity contribution < 1.29 is 10.2 Å². The first kappa shape index (κ1) is 11.3. The summed E-state index contributed by atoms with van der Waals surface area (Å²) in [7, 11) is 0. The Labute approximate surface area is 89.1 Å². The van der Waals surface area contributed by atoms with E-state index in [9.17, 15) is 0 Å². The molecule has 0 spiro atoms. The van der Waals surface area contributed by atoms with Gasteiger partial charge in [-0.05, 0) is 37.1 Å². The summed E-state index contributed by atoms with van der Waals surface area (Å²) in [4.78, 5) is 0. The molecule has 3 heteroatoms. The number of hydrogen-bond acceptors (Lipinski definition) is 2. The zero-order valence-electron chi connectivity index (χ0n) is 7.99. The van der Waals surface area contributed by atoms with E-state index in [2.05, 4.69) is 0 Å². The molecule has 1 saturated carbocycles. The summed E-state index contributed by atoms with van der Waals surface area (Å²) >= 11 is 5.50. The topological polar surface area (TPSA) is 40.5 Å². The number of aliphatic hydroxyl groups is 1. The lowest BCUT2D eigenvalue weighted by atomic mass is 10.3. The standard InChI is InChI=1S/C6H5ClO.C5H10O/c7-5-1-3-6(8)4-2-5;6-5-3-1-2-4-5/h1-4,8H;5-6H,1-4H2. The van der Waals surface area contributed by atoms with Crippen LogP contribution < -0.4 is 0 Å². The second-order valence-corrected chi connectivity index (χ2v) is 3.85. The van der Waals surface area contributed by atoms with Gasteiger partial charge in [-0.15, -0.1) is 0 Å². The Morgan fingerprint density at radius 3 is 1.86 bits per heavy atom. The molecule has 0 atom stereocenters. The Balaban J connectivity index is 0.000000146. The van der Waals surface area contributed by atoms with Crippen LogP contribution in [0.1, 0.15) is 25.7 Å². The maximum atomic E-state index is 8.73. The molecular weight excluding hydrogens is 200 g/mol. The number of phenolic OH excluding ortho intramolecular Hbond substituents is 1. The lowest BCUT2D eigenvalue weighted by molar-refractivity contribution is 0.183. The molecule has 1 fully saturated rings. The van der Waals surface area contributed by atoms with Gasteiger partial charge in [0, 0.05) is 5.02 Å². The molecule has 2 N–H and O–H groups in total. The first-order valence-corrected chi connectivity index (χ1v) is 5.19. The average Bonchev–Trinajstić information content (AvgIpc) is 2.63. The third-order valence-corrected chi connectivity index (χ3v) is 2.40. The molecule has 0 heterocycles. The molecular formula is C11H15ClO2. The quantitative estimate of drug-likeness (QED) is 0.697. The highest BCUT2D eigenvalue weighted by atomic mass is 35.5. The number of benzene rings is 1. The molecule has 1 aromatic rings. The van der Waals surface area contributed by atoms with Crippen LogP contribution in [0.5, 0.6) is 5.75 Å². The van der Waals surface area contributed by atoms with Crippen LogP contribution in [0.15, 0.2) is 24.3 Å². The molecule has 0 saturated heterocycles. The van der Waals surface area contributed by atoms with Gasteiger partial charge >= 0.3 is 0 Å². The Hall–Kier alpha value is -0.730. The maximum absolute atomic E-state index is 8.73. The van der Waals surface area contributed by atoms with Gasteiger partial charge in [0.2, 0.25) is 0 Å². The minimum absolute atomic E-state index is 0.0463. The van der Waals surface area contributed by atoms with Gasteiger partial charge in [-0.1, -0.05) is 24.4 Å². The largest absolute Gasteiger partial charge is 0.508 e. The molecule has 14 heavy (non-hydrogen) atoms. The van der Waals surface area contributed by atoms with Crippen LogP contribution in [0.3, 0.4) is 0 Å². The summed E-state index contributed by atoms with van der Waals surface area (Å²) < 4.78 is 0. The molecule has 2 nitrogen and oxygen atoms in total. The number of halogens is 1. The number of rotatable bonds is 0. The van der Waals surface area contributed by atoms with Crippen molar-refractivity contribution in [1.82, 2.24) is 0 Å². The Kier molecular flexibility index (Phi) is 4.77. The third-order valence-electron chi connectivity index (χ3n) is 2.15. The number of hydrogen-bond donors (Lipinski definition) is 2. The lowest BCUT2D eigenvalue weighted by Crippen LogP contribution is -1.94. The van der Waals surface area contributed by atoms with Gasteiger partial charge in [0.15, 0.2) is 0 Å². The highest BCUT2D eigenvalue weighted by molar-refractivity contribution is 6.30. The van der Waals surface area contributed by atoms with E-state index < -0.39 is 0 Å². The van der Waals surface area contributed by atoms with Gasteiger partial charge in [0.25, 0.3) is 0 Å². The zero-order chi connectivity index (χ0) is 10.4. The fourth-order valence-corrected chi connectivity index (χ4v) is 1.47. The third kappa shape index (κ3) is 4.49. The molecule has 0 unspecified atom stereocenters. The molecule has 0 aliphatic heterocycles. The smallest absolute Gasteiger partial charge is 0.115 e. The predicted molar refractivity (Wildman–Crippen MR) is 57.6 cm³/mol. The molecule has 2 rings (SSSR count). The average molecular weight is 215 g/mol. The number of aromatic hydroxyl groups is 1. The molecule has 1 aliphatic rings. The maximum Gasteiger partial charge on any atom is 0.115 e. The van der Waals surface area contributed by atoms with Crippen molar-refractivity contribution in [1.29, 1.82) is 0 Å². The van der Waals surface area contributed by atoms with Gasteiger partial charge in [-0.2, -0.15) is 0 Å². The number of phenols is 1. The highest BCUT2D eigenvalue weighted by Gasteiger charge is 2.09. The SMILES string of the molecule is OC1CCCC1.Oc1ccc(Cl)cc1. The van der Waals surface area contributed by atoms with Crippen LogP contribution in [0, 0.1) is 0 Å². The molecule has 1 aliphatic carbocycles. The predicted octanol–water partition coefficient (Wildman–Crippen LogP) is 2.97. The fraction of sp³-hybridized carbons (Fsp3) is 0.455. The van der Waals surface area contributed by atoms with Crippen molar-refractivity contribution in [3.05, 3.63) is 29.3 Å². The molecule has 1 aromatic carbocycles. The summed E-state index contributed by atoms with van der Waals surface area (Å²) in [6, 6.07) is 6.36. The van der Waals surface area contributed by atoms with E-state index in [1.54, 1.807) is 24.3 Å². The van der Waals surface area contributed by atoms with E-state index in [1.165, 1.54) is 12.8 Å². The van der Waals surface area contributed by atoms with Crippen molar-refractivity contribution in [3.63, 3.8) is 0 Å². The van der Waals surface area contributed by atoms with Gasteiger partial charge in [0.05, 0.1) is 6.10 Å². The number of aliphatic hydroxyl groups excluding tert-OH is 1. The summed E-state index contributed by atoms with van der Waals surface area (Å²) in [6.45, 7) is 0. The second-order valence-electron chi connectivity index (χ2n) is 3.41. The molecule has 78 valence electrons. The summed E-state index contributed by atoms with van der Waals surface area (Å²) in [5, 5.41) is 18.1. The van der Waals surface area contributed by atoms with Gasteiger partial charge in [-0.3, -0.25) is 0 Å². The first-order valence-electron chi connectivity index (χ1n) is 4.81. The fourth-order valence-electron chi connectivity index (χ4n) is 1.35. The molecule has 0 aromatic heterocycles. The van der Waals surface area contributed by atoms with Crippen LogP contribution in [-0.2, 0) is 0 Å². The van der Waals surface area contributed by atoms with E-state index >= 15 is 0 Å². The monoisotopic (exact) mass is 214 g/mol. The summed E-state index contributed by atoms with van der Waals surface area (Å²) in [5.41, 5.74) is 0. The summed E-state index contributed by atoms with van der Waals surface area (Å²) in [6.07, 6.45) is 4.60. The van der Waals surface area contributed by atoms with Crippen LogP contribution in [0.2, 0.25) is 5.02 Å². The van der Waals surface area contributed by atoms with Crippen LogP contribution >= 0.6 is 11.6 Å². The molecule has 0 bridgehead atoms. The van der Waals surface area contributed by atoms with E-state index in [1.807, 2.05) is 0 Å². The molecule has 0 radical (unpaired) electrons. The summed E-state index contributed by atoms with van der Waals surface area (Å²) in [5.74, 6) is 0.245. The Morgan fingerprint density at radius 1 is 1.07 bits per heavy atom. The van der Waals surface area contributed by atoms with E-state index in [0.29, 0.717) is 5.02 Å². The van der Waals surface area contributed by atoms with Crippen LogP contribution in [-0.4, -0.2) is 16.3 Å². The van der Waals surface area contributed by atoms with Crippen molar-refractivity contribution in [2.45, 2.75) is 31.8 Å². The molecule has 0 amide bonds. The van der Waals surface area contributed by atoms with Crippen molar-refractivity contribution >= 4 is 11.6 Å². The minimum Gasteiger partial charge on any atom is -0.508 e. The van der Waals surface area contributed by atoms with Crippen molar-refractivity contribution in [2.24, 2.45) is 0 Å². The van der Waals surface area contributed by atoms with E-state index in [-0.39, 0.29) is 11.9 Å². The lowest BCUT2D eigenvalue weighted by Gasteiger charge is -1.91. The highest BCUT2D eigenvalue weighted by Crippen LogP contribution is 2.16. The van der Waals surface area contributed by atoms with Crippen molar-refractivity contribution in [2.75, 3.05) is 0 Å². The first-order chi connectivity index (χ1) is 6.68.